The predicted molar refractivity (Wildman–Crippen MR) is 275 cm³/mol. The average molecular weight is 828 g/mol. The third kappa shape index (κ3) is 6.47. The number of hydrogen-bond acceptors (Lipinski definition) is 1. The average Bonchev–Trinajstić information content (AvgIpc) is 3.65. The topological polar surface area (TPSA) is 3.24 Å². The molecule has 12 rings (SSSR count). The molecule has 0 fully saturated rings. The fourth-order valence-electron chi connectivity index (χ4n) is 10.6. The first kappa shape index (κ1) is 38.4. The molecule has 1 aliphatic rings. The van der Waals surface area contributed by atoms with Crippen LogP contribution in [0.4, 0.5) is 17.1 Å². The Kier molecular flexibility index (Phi) is 9.35. The minimum absolute atomic E-state index is 0.299. The largest absolute Gasteiger partial charge is 0.310 e. The van der Waals surface area contributed by atoms with E-state index < -0.39 is 0 Å². The lowest BCUT2D eigenvalue weighted by Gasteiger charge is -2.30. The lowest BCUT2D eigenvalue weighted by atomic mass is 9.74. The van der Waals surface area contributed by atoms with Crippen molar-refractivity contribution in [2.45, 2.75) is 12.3 Å². The second-order valence-corrected chi connectivity index (χ2v) is 17.4. The Balaban J connectivity index is 1.17. The molecular formula is C64H45N. The first-order chi connectivity index (χ1) is 32.1. The van der Waals surface area contributed by atoms with Gasteiger partial charge >= 0.3 is 0 Å². The minimum atomic E-state index is -0.299. The fraction of sp³-hybridized carbons (Fsp3) is 0.0312. The summed E-state index contributed by atoms with van der Waals surface area (Å²) in [6, 6.07) is 93.7. The van der Waals surface area contributed by atoms with E-state index in [1.807, 2.05) is 0 Å². The van der Waals surface area contributed by atoms with E-state index in [0.29, 0.717) is 0 Å². The maximum Gasteiger partial charge on any atom is 0.0473 e. The Bertz CT molecular complexity index is 3470. The third-order valence-corrected chi connectivity index (χ3v) is 13.7. The zero-order chi connectivity index (χ0) is 43.3. The molecule has 0 saturated heterocycles. The van der Waals surface area contributed by atoms with E-state index in [0.717, 1.165) is 17.1 Å². The van der Waals surface area contributed by atoms with Gasteiger partial charge in [-0.1, -0.05) is 212 Å². The maximum absolute atomic E-state index is 2.49. The minimum Gasteiger partial charge on any atom is -0.310 e. The molecule has 1 atom stereocenters. The van der Waals surface area contributed by atoms with E-state index in [9.17, 15) is 0 Å². The van der Waals surface area contributed by atoms with Crippen molar-refractivity contribution in [1.29, 1.82) is 0 Å². The second kappa shape index (κ2) is 15.8. The molecule has 1 aliphatic carbocycles. The quantitative estimate of drug-likeness (QED) is 0.138. The molecule has 0 spiro atoms. The van der Waals surface area contributed by atoms with Gasteiger partial charge in [-0.3, -0.25) is 0 Å². The molecule has 0 amide bonds. The molecule has 1 unspecified atom stereocenters. The molecule has 0 heterocycles. The van der Waals surface area contributed by atoms with Crippen molar-refractivity contribution in [3.8, 4) is 55.6 Å². The Hall–Kier alpha value is -8.26. The summed E-state index contributed by atoms with van der Waals surface area (Å²) in [7, 11) is 0. The van der Waals surface area contributed by atoms with Gasteiger partial charge in [0.2, 0.25) is 0 Å². The highest BCUT2D eigenvalue weighted by Crippen LogP contribution is 2.54. The third-order valence-electron chi connectivity index (χ3n) is 13.7. The molecular weight excluding hydrogens is 783 g/mol. The number of anilines is 3. The molecule has 306 valence electrons. The van der Waals surface area contributed by atoms with Crippen LogP contribution < -0.4 is 4.90 Å². The van der Waals surface area contributed by atoms with Gasteiger partial charge in [-0.05, 0) is 143 Å². The lowest BCUT2D eigenvalue weighted by molar-refractivity contribution is 0.714. The molecule has 0 N–H and O–H groups in total. The van der Waals surface area contributed by atoms with Crippen LogP contribution in [0.2, 0.25) is 0 Å². The van der Waals surface area contributed by atoms with Crippen molar-refractivity contribution in [3.05, 3.63) is 271 Å². The fourth-order valence-corrected chi connectivity index (χ4v) is 10.6. The summed E-state index contributed by atoms with van der Waals surface area (Å²) in [5.74, 6) is 0. The van der Waals surface area contributed by atoms with Gasteiger partial charge in [-0.15, -0.1) is 0 Å². The lowest BCUT2D eigenvalue weighted by Crippen LogP contribution is -2.22. The standard InChI is InChI=1S/C64H45N/c1-64(50-29-15-6-16-30-50)60-34-20-19-32-56(60)58-42-52(36-38-61(58)64)65(53-40-48(44-21-7-2-8-22-44)39-49(41-53)45-23-9-3-10-24-45)51-35-37-55-54-31-17-18-33-57(54)62(46-25-11-4-12-26-46)63(59(55)43-51)47-27-13-5-14-28-47/h2-43H,1H3. The van der Waals surface area contributed by atoms with Gasteiger partial charge < -0.3 is 4.90 Å². The van der Waals surface area contributed by atoms with Crippen LogP contribution in [0.5, 0.6) is 0 Å². The normalized spacial score (nSPS) is 14.0. The van der Waals surface area contributed by atoms with Gasteiger partial charge in [0, 0.05) is 22.5 Å². The van der Waals surface area contributed by atoms with Crippen LogP contribution in [-0.4, -0.2) is 0 Å². The molecule has 1 nitrogen and oxygen atoms in total. The highest BCUT2D eigenvalue weighted by Gasteiger charge is 2.41. The Morgan fingerprint density at radius 1 is 0.277 bits per heavy atom. The van der Waals surface area contributed by atoms with Crippen molar-refractivity contribution < 1.29 is 0 Å². The van der Waals surface area contributed by atoms with E-state index in [1.54, 1.807) is 0 Å². The van der Waals surface area contributed by atoms with Crippen molar-refractivity contribution >= 4 is 38.6 Å². The maximum atomic E-state index is 2.49. The second-order valence-electron chi connectivity index (χ2n) is 17.4. The monoisotopic (exact) mass is 827 g/mol. The zero-order valence-corrected chi connectivity index (χ0v) is 36.2. The smallest absolute Gasteiger partial charge is 0.0473 e. The molecule has 11 aromatic carbocycles. The highest BCUT2D eigenvalue weighted by atomic mass is 15.1. The Morgan fingerprint density at radius 3 is 1.34 bits per heavy atom. The number of hydrogen-bond donors (Lipinski definition) is 0. The van der Waals surface area contributed by atoms with Crippen LogP contribution in [-0.2, 0) is 5.41 Å². The van der Waals surface area contributed by atoms with Gasteiger partial charge in [0.25, 0.3) is 0 Å². The summed E-state index contributed by atoms with van der Waals surface area (Å²) < 4.78 is 0. The summed E-state index contributed by atoms with van der Waals surface area (Å²) >= 11 is 0. The number of benzene rings is 11. The van der Waals surface area contributed by atoms with Crippen LogP contribution in [0.1, 0.15) is 23.6 Å². The van der Waals surface area contributed by atoms with Crippen LogP contribution in [0.15, 0.2) is 255 Å². The summed E-state index contributed by atoms with van der Waals surface area (Å²) in [4.78, 5) is 2.49. The first-order valence-corrected chi connectivity index (χ1v) is 22.6. The van der Waals surface area contributed by atoms with Crippen molar-refractivity contribution in [3.63, 3.8) is 0 Å². The number of fused-ring (bicyclic) bond motifs is 6. The first-order valence-electron chi connectivity index (χ1n) is 22.6. The van der Waals surface area contributed by atoms with Crippen LogP contribution in [0, 0.1) is 0 Å². The highest BCUT2D eigenvalue weighted by molar-refractivity contribution is 6.22. The van der Waals surface area contributed by atoms with Crippen molar-refractivity contribution in [2.75, 3.05) is 4.90 Å². The van der Waals surface area contributed by atoms with E-state index in [-0.39, 0.29) is 5.41 Å². The van der Waals surface area contributed by atoms with Crippen molar-refractivity contribution in [1.82, 2.24) is 0 Å². The molecule has 1 heteroatoms. The molecule has 0 saturated carbocycles. The van der Waals surface area contributed by atoms with E-state index in [2.05, 4.69) is 267 Å². The van der Waals surface area contributed by atoms with Gasteiger partial charge in [-0.2, -0.15) is 0 Å². The van der Waals surface area contributed by atoms with E-state index >= 15 is 0 Å². The van der Waals surface area contributed by atoms with Crippen LogP contribution in [0.25, 0.3) is 77.2 Å². The summed E-state index contributed by atoms with van der Waals surface area (Å²) in [6.07, 6.45) is 0. The molecule has 11 aromatic rings. The number of rotatable bonds is 8. The predicted octanol–water partition coefficient (Wildman–Crippen LogP) is 17.5. The van der Waals surface area contributed by atoms with Gasteiger partial charge in [-0.25, -0.2) is 0 Å². The van der Waals surface area contributed by atoms with E-state index in [4.69, 9.17) is 0 Å². The molecule has 0 radical (unpaired) electrons. The molecule has 0 aromatic heterocycles. The Labute approximate surface area is 381 Å². The summed E-state index contributed by atoms with van der Waals surface area (Å²) in [6.45, 7) is 2.39. The van der Waals surface area contributed by atoms with Gasteiger partial charge in [0.1, 0.15) is 0 Å². The molecule has 0 aliphatic heterocycles. The summed E-state index contributed by atoms with van der Waals surface area (Å²) in [5.41, 5.74) is 19.0. The van der Waals surface area contributed by atoms with Crippen LogP contribution >= 0.6 is 0 Å². The molecule has 65 heavy (non-hydrogen) atoms. The molecule has 0 bridgehead atoms. The van der Waals surface area contributed by atoms with Gasteiger partial charge in [0.15, 0.2) is 0 Å². The summed E-state index contributed by atoms with van der Waals surface area (Å²) in [5, 5.41) is 4.93. The zero-order valence-electron chi connectivity index (χ0n) is 36.2. The van der Waals surface area contributed by atoms with E-state index in [1.165, 1.54) is 93.9 Å². The van der Waals surface area contributed by atoms with Gasteiger partial charge in [0.05, 0.1) is 0 Å². The van der Waals surface area contributed by atoms with Crippen molar-refractivity contribution in [2.24, 2.45) is 0 Å². The SMILES string of the molecule is CC1(c2ccccc2)c2ccccc2-c2cc(N(c3cc(-c4ccccc4)cc(-c4ccccc4)c3)c3ccc4c(c3)c(-c3ccccc3)c(-c3ccccc3)c3ccccc34)ccc21. The van der Waals surface area contributed by atoms with Crippen LogP contribution in [0.3, 0.4) is 0 Å². The Morgan fingerprint density at radius 2 is 0.723 bits per heavy atom. The number of nitrogens with zero attached hydrogens (tertiary/aromatic N) is 1.